The molecule has 0 aliphatic heterocycles. The van der Waals surface area contributed by atoms with E-state index in [1.54, 1.807) is 18.5 Å². The Hall–Kier alpha value is -1.63. The second-order valence-corrected chi connectivity index (χ2v) is 4.21. The third kappa shape index (κ3) is 3.43. The van der Waals surface area contributed by atoms with Gasteiger partial charge in [-0.15, -0.1) is 23.8 Å². The molecule has 0 aliphatic rings. The molecule has 1 heterocycles. The van der Waals surface area contributed by atoms with Gasteiger partial charge in [-0.25, -0.2) is 0 Å². The number of benzene rings is 1. The van der Waals surface area contributed by atoms with E-state index in [9.17, 15) is 4.39 Å². The summed E-state index contributed by atoms with van der Waals surface area (Å²) in [7, 11) is 0. The average Bonchev–Trinajstić information content (AvgIpc) is 2.39. The van der Waals surface area contributed by atoms with Crippen LogP contribution in [0.2, 0.25) is 0 Å². The predicted octanol–water partition coefficient (Wildman–Crippen LogP) is 3.08. The maximum Gasteiger partial charge on any atom is 0.0818 e. The zero-order valence-corrected chi connectivity index (χ0v) is 12.8. The third-order valence-corrected chi connectivity index (χ3v) is 2.60. The molecule has 3 nitrogen and oxygen atoms in total. The molecule has 0 amide bonds. The molecule has 0 spiro atoms. The van der Waals surface area contributed by atoms with Crippen LogP contribution in [0.3, 0.4) is 0 Å². The zero-order valence-electron chi connectivity index (χ0n) is 10.4. The fraction of sp³-hybridized carbons (Fsp3) is 0.214. The van der Waals surface area contributed by atoms with Gasteiger partial charge in [0.05, 0.1) is 17.7 Å². The van der Waals surface area contributed by atoms with Crippen molar-refractivity contribution < 1.29 is 24.5 Å². The minimum atomic E-state index is -0.583. The van der Waals surface area contributed by atoms with E-state index in [2.05, 4.69) is 29.9 Å². The minimum absolute atomic E-state index is 0. The van der Waals surface area contributed by atoms with Crippen LogP contribution in [0.5, 0.6) is 0 Å². The van der Waals surface area contributed by atoms with Crippen LogP contribution < -0.4 is 0 Å². The Labute approximate surface area is 124 Å². The molecule has 0 bridgehead atoms. The predicted molar refractivity (Wildman–Crippen MR) is 65.1 cm³/mol. The van der Waals surface area contributed by atoms with Gasteiger partial charge >= 0.3 is 0 Å². The molecule has 5 heteroatoms. The maximum atomic E-state index is 13.2. The Balaban J connectivity index is 0.00000180. The van der Waals surface area contributed by atoms with Gasteiger partial charge in [0.1, 0.15) is 0 Å². The van der Waals surface area contributed by atoms with Gasteiger partial charge in [0.15, 0.2) is 0 Å². The van der Waals surface area contributed by atoms with Crippen LogP contribution in [0.4, 0.5) is 4.39 Å². The monoisotopic (exact) mass is 433 g/mol. The summed E-state index contributed by atoms with van der Waals surface area (Å²) in [5.41, 5.74) is 1.52. The van der Waals surface area contributed by atoms with Crippen LogP contribution in [-0.2, 0) is 20.1 Å². The van der Waals surface area contributed by atoms with E-state index in [4.69, 9.17) is 5.26 Å². The summed E-state index contributed by atoms with van der Waals surface area (Å²) in [6.07, 6.45) is 3.46. The molecule has 0 saturated carbocycles. The number of rotatable bonds is 2. The molecule has 1 aromatic carbocycles. The van der Waals surface area contributed by atoms with E-state index in [-0.39, 0.29) is 25.7 Å². The summed E-state index contributed by atoms with van der Waals surface area (Å²) >= 11 is 0. The Kier molecular flexibility index (Phi) is 5.29. The summed E-state index contributed by atoms with van der Waals surface area (Å²) < 4.78 is 13.2. The SMILES string of the molecule is CC(C)c1cnc(-c2[c-]cc(F)c(C#N)c2)nc1.[Ir]. The topological polar surface area (TPSA) is 49.6 Å². The Morgan fingerprint density at radius 2 is 1.95 bits per heavy atom. The van der Waals surface area contributed by atoms with E-state index < -0.39 is 5.82 Å². The number of hydrogen-bond acceptors (Lipinski definition) is 3. The fourth-order valence-electron chi connectivity index (χ4n) is 1.46. The quantitative estimate of drug-likeness (QED) is 0.686. The second-order valence-electron chi connectivity index (χ2n) is 4.21. The van der Waals surface area contributed by atoms with Gasteiger partial charge < -0.3 is 0 Å². The molecule has 99 valence electrons. The number of halogens is 1. The Morgan fingerprint density at radius 3 is 2.47 bits per heavy atom. The molecule has 0 aliphatic carbocycles. The smallest absolute Gasteiger partial charge is 0.0818 e. The fourth-order valence-corrected chi connectivity index (χ4v) is 1.46. The van der Waals surface area contributed by atoms with Crippen LogP contribution in [0, 0.1) is 23.2 Å². The molecule has 0 fully saturated rings. The zero-order chi connectivity index (χ0) is 13.1. The molecule has 0 atom stereocenters. The molecule has 0 N–H and O–H groups in total. The van der Waals surface area contributed by atoms with E-state index in [1.165, 1.54) is 6.07 Å². The molecule has 1 radical (unpaired) electrons. The van der Waals surface area contributed by atoms with Gasteiger partial charge in [-0.2, -0.15) is 5.26 Å². The van der Waals surface area contributed by atoms with E-state index in [0.29, 0.717) is 17.3 Å². The van der Waals surface area contributed by atoms with Gasteiger partial charge in [-0.1, -0.05) is 13.8 Å². The number of nitrogens with zero attached hydrogens (tertiary/aromatic N) is 3. The normalized spacial score (nSPS) is 9.84. The second kappa shape index (κ2) is 6.51. The molecular formula is C14H11FIrN3-. The van der Waals surface area contributed by atoms with Crippen molar-refractivity contribution in [2.75, 3.05) is 0 Å². The molecule has 1 aromatic heterocycles. The molecule has 0 saturated heterocycles. The minimum Gasteiger partial charge on any atom is -0.285 e. The van der Waals surface area contributed by atoms with E-state index in [1.807, 2.05) is 0 Å². The van der Waals surface area contributed by atoms with Gasteiger partial charge in [-0.3, -0.25) is 14.4 Å². The number of aromatic nitrogens is 2. The first-order valence-electron chi connectivity index (χ1n) is 5.55. The standard InChI is InChI=1S/C14H11FN3.Ir/c1-9(2)12-7-17-14(18-8-12)10-3-4-13(15)11(5-10)6-16;/h4-5,7-9H,1-2H3;/q-1;. The van der Waals surface area contributed by atoms with Crippen LogP contribution in [-0.4, -0.2) is 9.97 Å². The maximum absolute atomic E-state index is 13.2. The van der Waals surface area contributed by atoms with E-state index in [0.717, 1.165) is 11.6 Å². The van der Waals surface area contributed by atoms with Gasteiger partial charge in [0.25, 0.3) is 0 Å². The summed E-state index contributed by atoms with van der Waals surface area (Å²) in [4.78, 5) is 8.40. The summed E-state index contributed by atoms with van der Waals surface area (Å²) in [6.45, 7) is 4.10. The molecule has 0 unspecified atom stereocenters. The third-order valence-electron chi connectivity index (χ3n) is 2.60. The summed E-state index contributed by atoms with van der Waals surface area (Å²) in [6, 6.07) is 7.04. The Morgan fingerprint density at radius 1 is 1.32 bits per heavy atom. The van der Waals surface area contributed by atoms with Crippen molar-refractivity contribution >= 4 is 0 Å². The van der Waals surface area contributed by atoms with Crippen molar-refractivity contribution in [3.8, 4) is 17.5 Å². The summed E-state index contributed by atoms with van der Waals surface area (Å²) in [5, 5.41) is 8.76. The first-order chi connectivity index (χ1) is 8.61. The number of hydrogen-bond donors (Lipinski definition) is 0. The van der Waals surface area contributed by atoms with Crippen molar-refractivity contribution in [3.63, 3.8) is 0 Å². The molecule has 2 aromatic rings. The van der Waals surface area contributed by atoms with Gasteiger partial charge in [-0.05, 0) is 11.5 Å². The largest absolute Gasteiger partial charge is 0.285 e. The first kappa shape index (κ1) is 15.4. The van der Waals surface area contributed by atoms with Crippen molar-refractivity contribution in [2.45, 2.75) is 19.8 Å². The van der Waals surface area contributed by atoms with E-state index >= 15 is 0 Å². The number of nitriles is 1. The van der Waals surface area contributed by atoms with Crippen molar-refractivity contribution in [2.24, 2.45) is 0 Å². The van der Waals surface area contributed by atoms with Gasteiger partial charge in [0, 0.05) is 38.1 Å². The molecular weight excluding hydrogens is 421 g/mol. The first-order valence-corrected chi connectivity index (χ1v) is 5.55. The Bertz CT molecular complexity index is 603. The van der Waals surface area contributed by atoms with Crippen LogP contribution in [0.25, 0.3) is 11.4 Å². The van der Waals surface area contributed by atoms with Crippen molar-refractivity contribution in [1.29, 1.82) is 5.26 Å². The molecule has 19 heavy (non-hydrogen) atoms. The van der Waals surface area contributed by atoms with Crippen LogP contribution in [0.1, 0.15) is 30.9 Å². The van der Waals surface area contributed by atoms with Crippen LogP contribution in [0.15, 0.2) is 24.5 Å². The van der Waals surface area contributed by atoms with Crippen molar-refractivity contribution in [1.82, 2.24) is 9.97 Å². The summed E-state index contributed by atoms with van der Waals surface area (Å²) in [5.74, 6) is 0.210. The van der Waals surface area contributed by atoms with Gasteiger partial charge in [0.2, 0.25) is 0 Å². The van der Waals surface area contributed by atoms with Crippen molar-refractivity contribution in [3.05, 3.63) is 47.5 Å². The molecule has 2 rings (SSSR count). The average molecular weight is 432 g/mol. The van der Waals surface area contributed by atoms with Crippen LogP contribution >= 0.6 is 0 Å².